The summed E-state index contributed by atoms with van der Waals surface area (Å²) in [4.78, 5) is 14.6. The van der Waals surface area contributed by atoms with Crippen molar-refractivity contribution < 1.29 is 9.32 Å². The summed E-state index contributed by atoms with van der Waals surface area (Å²) in [5, 5.41) is 9.66. The number of nitrogens with one attached hydrogen (secondary N) is 2. The van der Waals surface area contributed by atoms with E-state index in [9.17, 15) is 4.79 Å². The molecule has 1 aliphatic heterocycles. The molecule has 2 amide bonds. The lowest BCUT2D eigenvalue weighted by molar-refractivity contribution is 0.145. The predicted octanol–water partition coefficient (Wildman–Crippen LogP) is 3.07. The van der Waals surface area contributed by atoms with Gasteiger partial charge in [-0.3, -0.25) is 4.90 Å². The largest absolute Gasteiger partial charge is 0.359 e. The zero-order valence-electron chi connectivity index (χ0n) is 13.9. The second-order valence-electron chi connectivity index (χ2n) is 6.07. The molecule has 0 spiro atoms. The van der Waals surface area contributed by atoms with Crippen molar-refractivity contribution in [3.8, 4) is 0 Å². The molecule has 0 radical (unpaired) electrons. The van der Waals surface area contributed by atoms with Gasteiger partial charge >= 0.3 is 6.03 Å². The van der Waals surface area contributed by atoms with Gasteiger partial charge in [-0.25, -0.2) is 4.79 Å². The van der Waals surface area contributed by atoms with Crippen molar-refractivity contribution in [2.75, 3.05) is 25.0 Å². The van der Waals surface area contributed by atoms with Crippen LogP contribution >= 0.6 is 0 Å². The summed E-state index contributed by atoms with van der Waals surface area (Å²) in [5.41, 5.74) is 1.37. The van der Waals surface area contributed by atoms with E-state index < -0.39 is 0 Å². The lowest BCUT2D eigenvalue weighted by atomic mass is 10.0. The quantitative estimate of drug-likeness (QED) is 0.847. The van der Waals surface area contributed by atoms with E-state index in [1.807, 2.05) is 6.92 Å². The van der Waals surface area contributed by atoms with Crippen LogP contribution in [0.4, 0.5) is 10.5 Å². The first-order valence-electron chi connectivity index (χ1n) is 8.33. The van der Waals surface area contributed by atoms with E-state index in [0.717, 1.165) is 19.5 Å². The third-order valence-electron chi connectivity index (χ3n) is 4.32. The van der Waals surface area contributed by atoms with E-state index >= 15 is 0 Å². The maximum absolute atomic E-state index is 12.1. The second-order valence-corrected chi connectivity index (χ2v) is 6.07. The number of carbonyl (C=O) groups is 1. The van der Waals surface area contributed by atoms with Crippen molar-refractivity contribution in [3.05, 3.63) is 11.5 Å². The molecule has 1 saturated heterocycles. The molecule has 2 heterocycles. The van der Waals surface area contributed by atoms with Gasteiger partial charge < -0.3 is 15.2 Å². The summed E-state index contributed by atoms with van der Waals surface area (Å²) in [6.07, 6.45) is 6.12. The van der Waals surface area contributed by atoms with Crippen molar-refractivity contribution in [1.82, 2.24) is 15.4 Å². The van der Waals surface area contributed by atoms with Crippen LogP contribution in [0.2, 0.25) is 0 Å². The average molecular weight is 308 g/mol. The second kappa shape index (κ2) is 8.17. The Morgan fingerprint density at radius 2 is 2.23 bits per heavy atom. The lowest BCUT2D eigenvalue weighted by Crippen LogP contribution is -2.47. The maximum Gasteiger partial charge on any atom is 0.319 e. The van der Waals surface area contributed by atoms with Gasteiger partial charge in [0.05, 0.1) is 0 Å². The highest BCUT2D eigenvalue weighted by atomic mass is 16.5. The summed E-state index contributed by atoms with van der Waals surface area (Å²) in [6.45, 7) is 8.81. The SMILES string of the molecule is CCCCN1CCCCC1CNC(=O)Nc1c(C)noc1C. The molecule has 22 heavy (non-hydrogen) atoms. The molecule has 0 bridgehead atoms. The molecular weight excluding hydrogens is 280 g/mol. The van der Waals surface area contributed by atoms with Gasteiger partial charge in [-0.15, -0.1) is 0 Å². The fourth-order valence-corrected chi connectivity index (χ4v) is 2.98. The molecule has 6 heteroatoms. The van der Waals surface area contributed by atoms with Crippen LogP contribution in [0, 0.1) is 13.8 Å². The number of aromatic nitrogens is 1. The van der Waals surface area contributed by atoms with Crippen LogP contribution < -0.4 is 10.6 Å². The lowest BCUT2D eigenvalue weighted by Gasteiger charge is -2.35. The zero-order valence-corrected chi connectivity index (χ0v) is 13.9. The van der Waals surface area contributed by atoms with Crippen LogP contribution in [-0.2, 0) is 0 Å². The van der Waals surface area contributed by atoms with Crippen LogP contribution in [0.25, 0.3) is 0 Å². The number of anilines is 1. The molecule has 2 rings (SSSR count). The molecular formula is C16H28N4O2. The molecule has 1 aliphatic rings. The number of rotatable bonds is 6. The van der Waals surface area contributed by atoms with Gasteiger partial charge in [0.1, 0.15) is 11.4 Å². The van der Waals surface area contributed by atoms with Crippen LogP contribution in [-0.4, -0.2) is 41.8 Å². The van der Waals surface area contributed by atoms with Crippen LogP contribution in [0.3, 0.4) is 0 Å². The van der Waals surface area contributed by atoms with Crippen molar-refractivity contribution in [2.45, 2.75) is 58.9 Å². The Hall–Kier alpha value is -1.56. The van der Waals surface area contributed by atoms with Crippen molar-refractivity contribution >= 4 is 11.7 Å². The smallest absolute Gasteiger partial charge is 0.319 e. The number of nitrogens with zero attached hydrogens (tertiary/aromatic N) is 2. The van der Waals surface area contributed by atoms with E-state index in [2.05, 4.69) is 27.6 Å². The summed E-state index contributed by atoms with van der Waals surface area (Å²) in [6, 6.07) is 0.270. The minimum absolute atomic E-state index is 0.185. The molecule has 1 aromatic rings. The Kier molecular flexibility index (Phi) is 6.24. The summed E-state index contributed by atoms with van der Waals surface area (Å²) in [7, 11) is 0. The van der Waals surface area contributed by atoms with Gasteiger partial charge in [0.15, 0.2) is 5.76 Å². The summed E-state index contributed by atoms with van der Waals surface area (Å²) < 4.78 is 5.05. The van der Waals surface area contributed by atoms with E-state index in [-0.39, 0.29) is 6.03 Å². The molecule has 2 N–H and O–H groups in total. The predicted molar refractivity (Wildman–Crippen MR) is 87.1 cm³/mol. The molecule has 0 saturated carbocycles. The number of hydrogen-bond acceptors (Lipinski definition) is 4. The highest BCUT2D eigenvalue weighted by Gasteiger charge is 2.22. The maximum atomic E-state index is 12.1. The molecule has 0 aromatic carbocycles. The molecule has 1 atom stereocenters. The van der Waals surface area contributed by atoms with E-state index in [4.69, 9.17) is 4.52 Å². The number of aryl methyl sites for hydroxylation is 2. The Morgan fingerprint density at radius 1 is 1.41 bits per heavy atom. The van der Waals surface area contributed by atoms with Gasteiger partial charge in [-0.2, -0.15) is 0 Å². The number of urea groups is 1. The van der Waals surface area contributed by atoms with E-state index in [0.29, 0.717) is 29.7 Å². The Bertz CT molecular complexity index is 467. The van der Waals surface area contributed by atoms with Crippen LogP contribution in [0.5, 0.6) is 0 Å². The Balaban J connectivity index is 1.81. The molecule has 124 valence electrons. The number of amides is 2. The highest BCUT2D eigenvalue weighted by molar-refractivity contribution is 5.90. The Morgan fingerprint density at radius 3 is 2.91 bits per heavy atom. The standard InChI is InChI=1S/C16H28N4O2/c1-4-5-9-20-10-7-6-8-14(20)11-17-16(21)18-15-12(2)19-22-13(15)3/h14H,4-11H2,1-3H3,(H2,17,18,21). The van der Waals surface area contributed by atoms with Crippen molar-refractivity contribution in [2.24, 2.45) is 0 Å². The minimum atomic E-state index is -0.185. The molecule has 1 aromatic heterocycles. The normalized spacial score (nSPS) is 19.1. The van der Waals surface area contributed by atoms with Gasteiger partial charge in [-0.05, 0) is 46.2 Å². The van der Waals surface area contributed by atoms with Crippen LogP contribution in [0.1, 0.15) is 50.5 Å². The third-order valence-corrected chi connectivity index (χ3v) is 4.32. The van der Waals surface area contributed by atoms with E-state index in [1.165, 1.54) is 25.7 Å². The minimum Gasteiger partial charge on any atom is -0.359 e. The molecule has 6 nitrogen and oxygen atoms in total. The average Bonchev–Trinajstić information content (AvgIpc) is 2.83. The first-order valence-corrected chi connectivity index (χ1v) is 8.33. The molecule has 1 unspecified atom stereocenters. The Labute approximate surface area is 132 Å². The molecule has 0 aliphatic carbocycles. The van der Waals surface area contributed by atoms with Crippen molar-refractivity contribution in [1.29, 1.82) is 0 Å². The molecule has 1 fully saturated rings. The fourth-order valence-electron chi connectivity index (χ4n) is 2.98. The van der Waals surface area contributed by atoms with Gasteiger partial charge in [0.25, 0.3) is 0 Å². The summed E-state index contributed by atoms with van der Waals surface area (Å²) >= 11 is 0. The number of likely N-dealkylation sites (tertiary alicyclic amines) is 1. The monoisotopic (exact) mass is 308 g/mol. The first kappa shape index (κ1) is 16.8. The van der Waals surface area contributed by atoms with Gasteiger partial charge in [0.2, 0.25) is 0 Å². The summed E-state index contributed by atoms with van der Waals surface area (Å²) in [5.74, 6) is 0.634. The third kappa shape index (κ3) is 4.47. The fraction of sp³-hybridized carbons (Fsp3) is 0.750. The highest BCUT2D eigenvalue weighted by Crippen LogP contribution is 2.19. The van der Waals surface area contributed by atoms with Gasteiger partial charge in [-0.1, -0.05) is 24.9 Å². The number of unbranched alkanes of at least 4 members (excludes halogenated alkanes) is 1. The zero-order chi connectivity index (χ0) is 15.9. The number of piperidine rings is 1. The number of hydrogen-bond donors (Lipinski definition) is 2. The topological polar surface area (TPSA) is 70.4 Å². The van der Waals surface area contributed by atoms with Crippen LogP contribution in [0.15, 0.2) is 4.52 Å². The number of carbonyl (C=O) groups excluding carboxylic acids is 1. The first-order chi connectivity index (χ1) is 10.6. The van der Waals surface area contributed by atoms with Crippen molar-refractivity contribution in [3.63, 3.8) is 0 Å². The van der Waals surface area contributed by atoms with Gasteiger partial charge in [0, 0.05) is 12.6 Å². The van der Waals surface area contributed by atoms with E-state index in [1.54, 1.807) is 6.92 Å².